The van der Waals surface area contributed by atoms with Gasteiger partial charge in [-0.25, -0.2) is 8.42 Å². The molecule has 23 heavy (non-hydrogen) atoms. The van der Waals surface area contributed by atoms with E-state index in [2.05, 4.69) is 0 Å². The predicted octanol–water partition coefficient (Wildman–Crippen LogP) is 2.90. The fourth-order valence-electron chi connectivity index (χ4n) is 2.49. The summed E-state index contributed by atoms with van der Waals surface area (Å²) in [5.74, 6) is -0.796. The number of methoxy groups -OCH3 is 1. The van der Waals surface area contributed by atoms with Gasteiger partial charge in [-0.1, -0.05) is 36.4 Å². The van der Waals surface area contributed by atoms with Crippen LogP contribution in [0.3, 0.4) is 0 Å². The van der Waals surface area contributed by atoms with E-state index >= 15 is 0 Å². The molecule has 0 aliphatic carbocycles. The molecule has 122 valence electrons. The second kappa shape index (κ2) is 6.96. The second-order valence-electron chi connectivity index (χ2n) is 5.55. The largest absolute Gasteiger partial charge is 0.469 e. The Morgan fingerprint density at radius 2 is 1.70 bits per heavy atom. The molecule has 0 amide bonds. The Balaban J connectivity index is 2.36. The lowest BCUT2D eigenvalue weighted by Crippen LogP contribution is -2.17. The van der Waals surface area contributed by atoms with Crippen molar-refractivity contribution in [3.05, 3.63) is 65.2 Å². The zero-order chi connectivity index (χ0) is 17.0. The molecule has 0 spiro atoms. The summed E-state index contributed by atoms with van der Waals surface area (Å²) in [7, 11) is -1.89. The van der Waals surface area contributed by atoms with Crippen LogP contribution in [-0.2, 0) is 25.8 Å². The van der Waals surface area contributed by atoms with Gasteiger partial charge in [0.25, 0.3) is 0 Å². The summed E-state index contributed by atoms with van der Waals surface area (Å²) in [6.07, 6.45) is 1.67. The van der Waals surface area contributed by atoms with E-state index in [1.807, 2.05) is 31.2 Å². The smallest absolute Gasteiger partial charge is 0.313 e. The number of aryl methyl sites for hydroxylation is 1. The van der Waals surface area contributed by atoms with Crippen LogP contribution in [0.5, 0.6) is 0 Å². The van der Waals surface area contributed by atoms with Crippen LogP contribution in [0.1, 0.15) is 22.6 Å². The molecule has 4 nitrogen and oxygen atoms in total. The normalized spacial score (nSPS) is 12.7. The zero-order valence-electron chi connectivity index (χ0n) is 13.4. The number of carbonyl (C=O) groups is 1. The fraction of sp³-hybridized carbons (Fsp3) is 0.278. The maximum absolute atomic E-state index is 12.2. The third-order valence-electron chi connectivity index (χ3n) is 3.88. The third kappa shape index (κ3) is 4.20. The first kappa shape index (κ1) is 17.2. The Bertz CT molecular complexity index is 792. The maximum atomic E-state index is 12.2. The standard InChI is InChI=1S/C18H20O4S/c1-13-6-4-5-7-15(13)12-17(18(19)22-2)14-8-10-16(11-9-14)23(3,20)21/h4-11,17H,12H2,1-3H3. The van der Waals surface area contributed by atoms with Crippen molar-refractivity contribution >= 4 is 15.8 Å². The van der Waals surface area contributed by atoms with E-state index in [4.69, 9.17) is 4.74 Å². The van der Waals surface area contributed by atoms with Gasteiger partial charge in [0.2, 0.25) is 0 Å². The average molecular weight is 332 g/mol. The molecule has 2 rings (SSSR count). The minimum Gasteiger partial charge on any atom is -0.469 e. The summed E-state index contributed by atoms with van der Waals surface area (Å²) in [6.45, 7) is 2.00. The number of benzene rings is 2. The molecule has 2 aromatic carbocycles. The number of rotatable bonds is 5. The van der Waals surface area contributed by atoms with Crippen molar-refractivity contribution in [3.63, 3.8) is 0 Å². The molecule has 0 fully saturated rings. The SMILES string of the molecule is COC(=O)C(Cc1ccccc1C)c1ccc(S(C)(=O)=O)cc1. The van der Waals surface area contributed by atoms with Crippen molar-refractivity contribution < 1.29 is 17.9 Å². The predicted molar refractivity (Wildman–Crippen MR) is 89.2 cm³/mol. The second-order valence-corrected chi connectivity index (χ2v) is 7.56. The minimum atomic E-state index is -3.25. The number of hydrogen-bond donors (Lipinski definition) is 0. The maximum Gasteiger partial charge on any atom is 0.313 e. The topological polar surface area (TPSA) is 60.4 Å². The third-order valence-corrected chi connectivity index (χ3v) is 5.01. The first-order valence-electron chi connectivity index (χ1n) is 7.25. The van der Waals surface area contributed by atoms with E-state index in [1.54, 1.807) is 12.1 Å². The van der Waals surface area contributed by atoms with Crippen molar-refractivity contribution in [2.45, 2.75) is 24.2 Å². The Labute approximate surface area is 137 Å². The van der Waals surface area contributed by atoms with Crippen molar-refractivity contribution in [2.75, 3.05) is 13.4 Å². The van der Waals surface area contributed by atoms with Crippen LogP contribution in [0.25, 0.3) is 0 Å². The molecule has 0 bridgehead atoms. The molecule has 1 unspecified atom stereocenters. The van der Waals surface area contributed by atoms with Crippen LogP contribution in [0.2, 0.25) is 0 Å². The fourth-order valence-corrected chi connectivity index (χ4v) is 3.12. The van der Waals surface area contributed by atoms with Crippen LogP contribution >= 0.6 is 0 Å². The Morgan fingerprint density at radius 1 is 1.09 bits per heavy atom. The van der Waals surface area contributed by atoms with Gasteiger partial charge >= 0.3 is 5.97 Å². The Kier molecular flexibility index (Phi) is 5.21. The first-order valence-corrected chi connectivity index (χ1v) is 9.14. The minimum absolute atomic E-state index is 0.237. The lowest BCUT2D eigenvalue weighted by atomic mass is 9.90. The van der Waals surface area contributed by atoms with Crippen LogP contribution in [-0.4, -0.2) is 27.8 Å². The van der Waals surface area contributed by atoms with Crippen molar-refractivity contribution in [1.82, 2.24) is 0 Å². The van der Waals surface area contributed by atoms with Gasteiger partial charge in [0.15, 0.2) is 9.84 Å². The van der Waals surface area contributed by atoms with Gasteiger partial charge in [0.1, 0.15) is 0 Å². The van der Waals surface area contributed by atoms with Gasteiger partial charge in [0, 0.05) is 6.26 Å². The molecule has 2 aromatic rings. The molecule has 0 aromatic heterocycles. The van der Waals surface area contributed by atoms with Gasteiger partial charge in [0.05, 0.1) is 17.9 Å². The summed E-state index contributed by atoms with van der Waals surface area (Å²) < 4.78 is 28.0. The van der Waals surface area contributed by atoms with Gasteiger partial charge in [-0.05, 0) is 42.2 Å². The van der Waals surface area contributed by atoms with E-state index in [0.29, 0.717) is 6.42 Å². The van der Waals surface area contributed by atoms with E-state index in [1.165, 1.54) is 19.2 Å². The van der Waals surface area contributed by atoms with Crippen LogP contribution in [0.4, 0.5) is 0 Å². The highest BCUT2D eigenvalue weighted by molar-refractivity contribution is 7.90. The molecule has 0 aliphatic heterocycles. The van der Waals surface area contributed by atoms with Gasteiger partial charge < -0.3 is 4.74 Å². The molecular weight excluding hydrogens is 312 g/mol. The molecule has 0 radical (unpaired) electrons. The van der Waals surface area contributed by atoms with Crippen molar-refractivity contribution in [3.8, 4) is 0 Å². The summed E-state index contributed by atoms with van der Waals surface area (Å²) in [6, 6.07) is 14.3. The van der Waals surface area contributed by atoms with Crippen molar-refractivity contribution in [2.24, 2.45) is 0 Å². The van der Waals surface area contributed by atoms with E-state index in [0.717, 1.165) is 22.9 Å². The first-order chi connectivity index (χ1) is 10.8. The van der Waals surface area contributed by atoms with Gasteiger partial charge in [-0.15, -0.1) is 0 Å². The highest BCUT2D eigenvalue weighted by atomic mass is 32.2. The summed E-state index contributed by atoms with van der Waals surface area (Å²) in [5.41, 5.74) is 2.91. The molecular formula is C18H20O4S. The number of hydrogen-bond acceptors (Lipinski definition) is 4. The summed E-state index contributed by atoms with van der Waals surface area (Å²) >= 11 is 0. The molecule has 5 heteroatoms. The molecule has 0 N–H and O–H groups in total. The quantitative estimate of drug-likeness (QED) is 0.790. The van der Waals surface area contributed by atoms with Crippen LogP contribution < -0.4 is 0 Å². The van der Waals surface area contributed by atoms with Crippen molar-refractivity contribution in [1.29, 1.82) is 0 Å². The Hall–Kier alpha value is -2.14. The lowest BCUT2D eigenvalue weighted by Gasteiger charge is -2.17. The number of sulfone groups is 1. The van der Waals surface area contributed by atoms with Gasteiger partial charge in [-0.3, -0.25) is 4.79 Å². The molecule has 0 saturated carbocycles. The Morgan fingerprint density at radius 3 is 2.22 bits per heavy atom. The number of carbonyl (C=O) groups excluding carboxylic acids is 1. The van der Waals surface area contributed by atoms with E-state index in [-0.39, 0.29) is 10.9 Å². The molecule has 0 heterocycles. The van der Waals surface area contributed by atoms with Crippen LogP contribution in [0.15, 0.2) is 53.4 Å². The summed E-state index contributed by atoms with van der Waals surface area (Å²) in [4.78, 5) is 12.4. The number of ether oxygens (including phenoxy) is 1. The van der Waals surface area contributed by atoms with Gasteiger partial charge in [-0.2, -0.15) is 0 Å². The van der Waals surface area contributed by atoms with Crippen LogP contribution in [0, 0.1) is 6.92 Å². The number of esters is 1. The molecule has 0 saturated heterocycles. The highest BCUT2D eigenvalue weighted by Gasteiger charge is 2.23. The molecule has 0 aliphatic rings. The van der Waals surface area contributed by atoms with E-state index < -0.39 is 15.8 Å². The summed E-state index contributed by atoms with van der Waals surface area (Å²) in [5, 5.41) is 0. The lowest BCUT2D eigenvalue weighted by molar-refractivity contribution is -0.142. The average Bonchev–Trinajstić information content (AvgIpc) is 2.53. The zero-order valence-corrected chi connectivity index (χ0v) is 14.3. The molecule has 1 atom stereocenters. The monoisotopic (exact) mass is 332 g/mol. The van der Waals surface area contributed by atoms with E-state index in [9.17, 15) is 13.2 Å². The highest BCUT2D eigenvalue weighted by Crippen LogP contribution is 2.25.